The van der Waals surface area contributed by atoms with Crippen LogP contribution in [0.3, 0.4) is 0 Å². The van der Waals surface area contributed by atoms with E-state index in [4.69, 9.17) is 4.98 Å². The monoisotopic (exact) mass is 332 g/mol. The number of fused-ring (bicyclic) bond motifs is 1. The Bertz CT molecular complexity index is 972. The molecular weight excluding hydrogens is 312 g/mol. The lowest BCUT2D eigenvalue weighted by Gasteiger charge is -2.19. The molecule has 0 saturated heterocycles. The molecule has 2 heterocycles. The Morgan fingerprint density at radius 3 is 2.76 bits per heavy atom. The largest absolute Gasteiger partial charge is 0.324 e. The van der Waals surface area contributed by atoms with Gasteiger partial charge in [0.05, 0.1) is 16.7 Å². The predicted molar refractivity (Wildman–Crippen MR) is 98.5 cm³/mol. The van der Waals surface area contributed by atoms with Crippen LogP contribution in [0.4, 0.5) is 0 Å². The number of nitrogens with zero attached hydrogens (tertiary/aromatic N) is 3. The topological polar surface area (TPSA) is 59.3 Å². The fraction of sp³-hybridized carbons (Fsp3) is 0.250. The van der Waals surface area contributed by atoms with Crippen molar-refractivity contribution in [3.63, 3.8) is 0 Å². The van der Waals surface area contributed by atoms with Crippen LogP contribution in [0.25, 0.3) is 11.0 Å². The van der Waals surface area contributed by atoms with E-state index in [0.717, 1.165) is 34.7 Å². The van der Waals surface area contributed by atoms with Gasteiger partial charge in [0, 0.05) is 24.4 Å². The van der Waals surface area contributed by atoms with Gasteiger partial charge in [0.25, 0.3) is 0 Å². The molecule has 1 aliphatic heterocycles. The standard InChI is InChI=1S/C20H20N4O/c1-13-10-19(25)22-23-20(13)16-8-9-18-17(11-16)21-14(2)24(18)12-15-6-4-3-5-7-15/h3-9,11,13H,10,12H2,1-2H3,(H,22,25). The van der Waals surface area contributed by atoms with Crippen molar-refractivity contribution >= 4 is 22.7 Å². The van der Waals surface area contributed by atoms with E-state index in [-0.39, 0.29) is 11.8 Å². The minimum atomic E-state index is -0.0275. The second-order valence-corrected chi connectivity index (χ2v) is 6.57. The maximum Gasteiger partial charge on any atom is 0.240 e. The third kappa shape index (κ3) is 2.93. The van der Waals surface area contributed by atoms with Gasteiger partial charge in [-0.2, -0.15) is 5.10 Å². The molecule has 1 N–H and O–H groups in total. The van der Waals surface area contributed by atoms with Gasteiger partial charge < -0.3 is 4.57 Å². The van der Waals surface area contributed by atoms with Gasteiger partial charge in [-0.1, -0.05) is 43.3 Å². The normalized spacial score (nSPS) is 17.4. The highest BCUT2D eigenvalue weighted by molar-refractivity contribution is 6.07. The van der Waals surface area contributed by atoms with Crippen molar-refractivity contribution in [3.8, 4) is 0 Å². The summed E-state index contributed by atoms with van der Waals surface area (Å²) in [5.74, 6) is 1.07. The first-order chi connectivity index (χ1) is 12.1. The molecule has 25 heavy (non-hydrogen) atoms. The summed E-state index contributed by atoms with van der Waals surface area (Å²) in [4.78, 5) is 16.2. The lowest BCUT2D eigenvalue weighted by molar-refractivity contribution is -0.121. The van der Waals surface area contributed by atoms with Crippen LogP contribution >= 0.6 is 0 Å². The molecule has 1 aromatic heterocycles. The number of hydrazone groups is 1. The number of aromatic nitrogens is 2. The molecule has 0 radical (unpaired) electrons. The number of rotatable bonds is 3. The summed E-state index contributed by atoms with van der Waals surface area (Å²) in [6, 6.07) is 16.6. The minimum Gasteiger partial charge on any atom is -0.324 e. The molecule has 1 atom stereocenters. The first-order valence-corrected chi connectivity index (χ1v) is 8.49. The van der Waals surface area contributed by atoms with E-state index in [1.807, 2.05) is 19.9 Å². The van der Waals surface area contributed by atoms with Crippen LogP contribution in [0.1, 0.15) is 30.3 Å². The molecule has 126 valence electrons. The van der Waals surface area contributed by atoms with Gasteiger partial charge in [-0.25, -0.2) is 10.4 Å². The first kappa shape index (κ1) is 15.6. The number of nitrogens with one attached hydrogen (secondary N) is 1. The van der Waals surface area contributed by atoms with E-state index in [1.165, 1.54) is 5.56 Å². The van der Waals surface area contributed by atoms with Crippen molar-refractivity contribution in [2.45, 2.75) is 26.8 Å². The molecule has 0 spiro atoms. The van der Waals surface area contributed by atoms with Crippen LogP contribution in [-0.4, -0.2) is 21.2 Å². The average Bonchev–Trinajstić information content (AvgIpc) is 2.91. The number of imidazole rings is 1. The second kappa shape index (κ2) is 6.16. The number of amides is 1. The minimum absolute atomic E-state index is 0.0275. The van der Waals surface area contributed by atoms with Crippen LogP contribution in [0, 0.1) is 12.8 Å². The number of carbonyl (C=O) groups is 1. The third-order valence-electron chi connectivity index (χ3n) is 4.68. The van der Waals surface area contributed by atoms with E-state index < -0.39 is 0 Å². The molecule has 0 saturated carbocycles. The van der Waals surface area contributed by atoms with E-state index in [0.29, 0.717) is 6.42 Å². The summed E-state index contributed by atoms with van der Waals surface area (Å²) in [6.45, 7) is 4.86. The zero-order valence-corrected chi connectivity index (χ0v) is 14.4. The molecule has 2 aromatic carbocycles. The molecular formula is C20H20N4O. The Balaban J connectivity index is 1.72. The summed E-state index contributed by atoms with van der Waals surface area (Å²) in [7, 11) is 0. The smallest absolute Gasteiger partial charge is 0.240 e. The zero-order valence-electron chi connectivity index (χ0n) is 14.4. The molecule has 0 fully saturated rings. The molecule has 1 aliphatic rings. The van der Waals surface area contributed by atoms with Crippen LogP contribution in [0.2, 0.25) is 0 Å². The van der Waals surface area contributed by atoms with Gasteiger partial charge in [0.15, 0.2) is 0 Å². The lowest BCUT2D eigenvalue weighted by atomic mass is 9.94. The SMILES string of the molecule is Cc1nc2cc(C3=NNC(=O)CC3C)ccc2n1Cc1ccccc1. The summed E-state index contributed by atoms with van der Waals surface area (Å²) < 4.78 is 2.22. The highest BCUT2D eigenvalue weighted by Gasteiger charge is 2.22. The highest BCUT2D eigenvalue weighted by atomic mass is 16.2. The molecule has 0 aliphatic carbocycles. The number of benzene rings is 2. The Hall–Kier alpha value is -2.95. The molecule has 3 aromatic rings. The van der Waals surface area contributed by atoms with Gasteiger partial charge in [-0.05, 0) is 24.6 Å². The number of hydrogen-bond donors (Lipinski definition) is 1. The van der Waals surface area contributed by atoms with E-state index in [1.54, 1.807) is 0 Å². The molecule has 0 bridgehead atoms. The van der Waals surface area contributed by atoms with E-state index in [9.17, 15) is 4.79 Å². The van der Waals surface area contributed by atoms with Gasteiger partial charge in [-0.3, -0.25) is 4.79 Å². The van der Waals surface area contributed by atoms with E-state index in [2.05, 4.69) is 57.6 Å². The fourth-order valence-electron chi connectivity index (χ4n) is 3.38. The average molecular weight is 332 g/mol. The molecule has 1 unspecified atom stereocenters. The number of aryl methyl sites for hydroxylation is 1. The number of hydrogen-bond acceptors (Lipinski definition) is 3. The van der Waals surface area contributed by atoms with Crippen molar-refractivity contribution in [1.29, 1.82) is 0 Å². The van der Waals surface area contributed by atoms with Crippen LogP contribution < -0.4 is 5.43 Å². The van der Waals surface area contributed by atoms with Gasteiger partial charge in [-0.15, -0.1) is 0 Å². The second-order valence-electron chi connectivity index (χ2n) is 6.57. The van der Waals surface area contributed by atoms with Crippen LogP contribution in [-0.2, 0) is 11.3 Å². The van der Waals surface area contributed by atoms with Crippen molar-refractivity contribution in [2.75, 3.05) is 0 Å². The Kier molecular flexibility index (Phi) is 3.84. The first-order valence-electron chi connectivity index (χ1n) is 8.49. The summed E-state index contributed by atoms with van der Waals surface area (Å²) in [5.41, 5.74) is 7.83. The van der Waals surface area contributed by atoms with Gasteiger partial charge >= 0.3 is 0 Å². The van der Waals surface area contributed by atoms with Gasteiger partial charge in [0.1, 0.15) is 5.82 Å². The Morgan fingerprint density at radius 2 is 2.00 bits per heavy atom. The maximum absolute atomic E-state index is 11.5. The summed E-state index contributed by atoms with van der Waals surface area (Å²) >= 11 is 0. The Morgan fingerprint density at radius 1 is 1.20 bits per heavy atom. The molecule has 5 nitrogen and oxygen atoms in total. The summed E-state index contributed by atoms with van der Waals surface area (Å²) in [5, 5.41) is 4.25. The summed E-state index contributed by atoms with van der Waals surface area (Å²) in [6.07, 6.45) is 0.471. The third-order valence-corrected chi connectivity index (χ3v) is 4.68. The zero-order chi connectivity index (χ0) is 17.4. The van der Waals surface area contributed by atoms with Crippen LogP contribution in [0.15, 0.2) is 53.6 Å². The lowest BCUT2D eigenvalue weighted by Crippen LogP contribution is -2.31. The van der Waals surface area contributed by atoms with Gasteiger partial charge in [0.2, 0.25) is 5.91 Å². The van der Waals surface area contributed by atoms with Crippen molar-refractivity contribution in [1.82, 2.24) is 15.0 Å². The maximum atomic E-state index is 11.5. The van der Waals surface area contributed by atoms with Crippen LogP contribution in [0.5, 0.6) is 0 Å². The fourth-order valence-corrected chi connectivity index (χ4v) is 3.38. The quantitative estimate of drug-likeness (QED) is 0.800. The van der Waals surface area contributed by atoms with Crippen molar-refractivity contribution in [3.05, 3.63) is 65.5 Å². The highest BCUT2D eigenvalue weighted by Crippen LogP contribution is 2.23. The van der Waals surface area contributed by atoms with Crippen molar-refractivity contribution < 1.29 is 4.79 Å². The van der Waals surface area contributed by atoms with Crippen molar-refractivity contribution in [2.24, 2.45) is 11.0 Å². The molecule has 4 rings (SSSR count). The predicted octanol–water partition coefficient (Wildman–Crippen LogP) is 3.25. The Labute approximate surface area is 146 Å². The van der Waals surface area contributed by atoms with E-state index >= 15 is 0 Å². The molecule has 1 amide bonds. The number of carbonyl (C=O) groups excluding carboxylic acids is 1. The molecule has 5 heteroatoms.